The van der Waals surface area contributed by atoms with Crippen molar-refractivity contribution in [2.45, 2.75) is 38.3 Å². The Labute approximate surface area is 77.9 Å². The fourth-order valence-electron chi connectivity index (χ4n) is 1.94. The number of methoxy groups -OCH3 is 1. The van der Waals surface area contributed by atoms with E-state index in [9.17, 15) is 8.78 Å². The van der Waals surface area contributed by atoms with Gasteiger partial charge in [-0.1, -0.05) is 0 Å². The molecule has 0 spiro atoms. The van der Waals surface area contributed by atoms with Gasteiger partial charge in [0.25, 0.3) is 6.43 Å². The van der Waals surface area contributed by atoms with E-state index >= 15 is 0 Å². The summed E-state index contributed by atoms with van der Waals surface area (Å²) in [5.41, 5.74) is 0. The first-order valence-electron chi connectivity index (χ1n) is 4.70. The van der Waals surface area contributed by atoms with Crippen LogP contribution in [0.2, 0.25) is 0 Å². The lowest BCUT2D eigenvalue weighted by Gasteiger charge is -2.28. The molecule has 0 radical (unpaired) electrons. The second-order valence-electron chi connectivity index (χ2n) is 3.54. The summed E-state index contributed by atoms with van der Waals surface area (Å²) in [7, 11) is 1.63. The van der Waals surface area contributed by atoms with E-state index in [0.29, 0.717) is 0 Å². The lowest BCUT2D eigenvalue weighted by molar-refractivity contribution is 0.0164. The van der Waals surface area contributed by atoms with Gasteiger partial charge in [0.2, 0.25) is 0 Å². The molecule has 0 aromatic rings. The van der Waals surface area contributed by atoms with E-state index in [2.05, 4.69) is 0 Å². The molecule has 0 saturated carbocycles. The Kier molecular flexibility index (Phi) is 4.06. The monoisotopic (exact) mass is 193 g/mol. The molecule has 1 fully saturated rings. The van der Waals surface area contributed by atoms with Gasteiger partial charge >= 0.3 is 0 Å². The predicted octanol–water partition coefficient (Wildman–Crippen LogP) is 1.75. The van der Waals surface area contributed by atoms with Crippen LogP contribution < -0.4 is 0 Å². The molecule has 0 aromatic carbocycles. The first-order chi connectivity index (χ1) is 6.15. The number of alkyl halides is 2. The van der Waals surface area contributed by atoms with Gasteiger partial charge in [-0.25, -0.2) is 8.78 Å². The Bertz CT molecular complexity index is 155. The highest BCUT2D eigenvalue weighted by molar-refractivity contribution is 4.83. The molecule has 13 heavy (non-hydrogen) atoms. The van der Waals surface area contributed by atoms with E-state index in [-0.39, 0.29) is 18.7 Å². The molecule has 0 amide bonds. The van der Waals surface area contributed by atoms with E-state index < -0.39 is 6.43 Å². The molecule has 1 rings (SSSR count). The van der Waals surface area contributed by atoms with Crippen LogP contribution in [0.15, 0.2) is 0 Å². The second-order valence-corrected chi connectivity index (χ2v) is 3.54. The highest BCUT2D eigenvalue weighted by Crippen LogP contribution is 2.22. The molecule has 2 unspecified atom stereocenters. The van der Waals surface area contributed by atoms with Gasteiger partial charge in [0.1, 0.15) is 0 Å². The Morgan fingerprint density at radius 2 is 2.23 bits per heavy atom. The van der Waals surface area contributed by atoms with Crippen molar-refractivity contribution in [3.05, 3.63) is 0 Å². The fourth-order valence-corrected chi connectivity index (χ4v) is 1.94. The number of hydrogen-bond donors (Lipinski definition) is 0. The molecular formula is C9H17F2NO. The normalized spacial score (nSPS) is 27.0. The van der Waals surface area contributed by atoms with Crippen LogP contribution in [0.4, 0.5) is 8.78 Å². The van der Waals surface area contributed by atoms with Gasteiger partial charge < -0.3 is 4.74 Å². The first-order valence-corrected chi connectivity index (χ1v) is 4.70. The van der Waals surface area contributed by atoms with Crippen LogP contribution in [0.25, 0.3) is 0 Å². The van der Waals surface area contributed by atoms with Crippen molar-refractivity contribution in [1.29, 1.82) is 0 Å². The summed E-state index contributed by atoms with van der Waals surface area (Å²) < 4.78 is 29.4. The van der Waals surface area contributed by atoms with Crippen molar-refractivity contribution >= 4 is 0 Å². The van der Waals surface area contributed by atoms with Crippen LogP contribution in [0, 0.1) is 0 Å². The third kappa shape index (κ3) is 2.88. The maximum absolute atomic E-state index is 12.1. The number of ether oxygens (including phenoxy) is 1. The molecule has 2 atom stereocenters. The van der Waals surface area contributed by atoms with Crippen LogP contribution >= 0.6 is 0 Å². The summed E-state index contributed by atoms with van der Waals surface area (Å²) >= 11 is 0. The van der Waals surface area contributed by atoms with E-state index in [1.54, 1.807) is 7.11 Å². The molecule has 0 N–H and O–H groups in total. The van der Waals surface area contributed by atoms with Crippen molar-refractivity contribution in [3.63, 3.8) is 0 Å². The van der Waals surface area contributed by atoms with Gasteiger partial charge in [-0.05, 0) is 26.3 Å². The number of rotatable bonds is 4. The van der Waals surface area contributed by atoms with Gasteiger partial charge in [0.15, 0.2) is 0 Å². The highest BCUT2D eigenvalue weighted by Gasteiger charge is 2.30. The van der Waals surface area contributed by atoms with Crippen molar-refractivity contribution in [1.82, 2.24) is 4.90 Å². The zero-order chi connectivity index (χ0) is 9.84. The smallest absolute Gasteiger partial charge is 0.251 e. The van der Waals surface area contributed by atoms with E-state index in [4.69, 9.17) is 4.74 Å². The summed E-state index contributed by atoms with van der Waals surface area (Å²) in [6, 6.07) is 0.180. The second kappa shape index (κ2) is 4.86. The minimum absolute atomic E-state index is 0.0567. The lowest BCUT2D eigenvalue weighted by Crippen LogP contribution is -2.40. The molecule has 78 valence electrons. The van der Waals surface area contributed by atoms with Crippen LogP contribution in [0.1, 0.15) is 19.8 Å². The molecule has 0 aliphatic carbocycles. The van der Waals surface area contributed by atoms with Gasteiger partial charge in [0.05, 0.1) is 12.6 Å². The summed E-state index contributed by atoms with van der Waals surface area (Å²) in [4.78, 5) is 1.83. The first kappa shape index (κ1) is 10.9. The van der Waals surface area contributed by atoms with Crippen LogP contribution in [0.3, 0.4) is 0 Å². The predicted molar refractivity (Wildman–Crippen MR) is 47.1 cm³/mol. The lowest BCUT2D eigenvalue weighted by atomic mass is 10.1. The summed E-state index contributed by atoms with van der Waals surface area (Å²) in [5, 5.41) is 0. The van der Waals surface area contributed by atoms with Crippen LogP contribution in [-0.2, 0) is 4.74 Å². The minimum Gasteiger partial charge on any atom is -0.380 e. The molecule has 1 saturated heterocycles. The number of hydrogen-bond acceptors (Lipinski definition) is 2. The summed E-state index contributed by atoms with van der Waals surface area (Å²) in [6.07, 6.45) is -0.196. The van der Waals surface area contributed by atoms with Gasteiger partial charge in [-0.15, -0.1) is 0 Å². The summed E-state index contributed by atoms with van der Waals surface area (Å²) in [5.74, 6) is 0. The molecule has 0 bridgehead atoms. The average Bonchev–Trinajstić information content (AvgIpc) is 2.50. The van der Waals surface area contributed by atoms with E-state index in [1.165, 1.54) is 0 Å². The molecule has 4 heteroatoms. The Balaban J connectivity index is 2.43. The maximum Gasteiger partial charge on any atom is 0.251 e. The molecular weight excluding hydrogens is 176 g/mol. The van der Waals surface area contributed by atoms with Gasteiger partial charge in [-0.3, -0.25) is 4.90 Å². The highest BCUT2D eigenvalue weighted by atomic mass is 19.3. The maximum atomic E-state index is 12.1. The summed E-state index contributed by atoms with van der Waals surface area (Å²) in [6.45, 7) is 2.61. The van der Waals surface area contributed by atoms with Crippen molar-refractivity contribution in [3.8, 4) is 0 Å². The molecule has 0 aromatic heterocycles. The minimum atomic E-state index is -2.23. The largest absolute Gasteiger partial charge is 0.380 e. The fraction of sp³-hybridized carbons (Fsp3) is 1.00. The van der Waals surface area contributed by atoms with Gasteiger partial charge in [0, 0.05) is 13.2 Å². The third-order valence-electron chi connectivity index (χ3n) is 2.70. The zero-order valence-electron chi connectivity index (χ0n) is 8.17. The SMILES string of the molecule is COC(C)C1CCCN1CC(F)F. The number of likely N-dealkylation sites (tertiary alicyclic amines) is 1. The van der Waals surface area contributed by atoms with Crippen molar-refractivity contribution < 1.29 is 13.5 Å². The van der Waals surface area contributed by atoms with E-state index in [1.807, 2.05) is 11.8 Å². The Morgan fingerprint density at radius 1 is 1.54 bits per heavy atom. The number of nitrogens with zero attached hydrogens (tertiary/aromatic N) is 1. The molecule has 1 aliphatic heterocycles. The van der Waals surface area contributed by atoms with E-state index in [0.717, 1.165) is 19.4 Å². The molecule has 2 nitrogen and oxygen atoms in total. The topological polar surface area (TPSA) is 12.5 Å². The zero-order valence-corrected chi connectivity index (χ0v) is 8.17. The van der Waals surface area contributed by atoms with Gasteiger partial charge in [-0.2, -0.15) is 0 Å². The van der Waals surface area contributed by atoms with Crippen molar-refractivity contribution in [2.24, 2.45) is 0 Å². The van der Waals surface area contributed by atoms with Crippen molar-refractivity contribution in [2.75, 3.05) is 20.2 Å². The van der Waals surface area contributed by atoms with Crippen LogP contribution in [0.5, 0.6) is 0 Å². The molecule has 1 heterocycles. The molecule has 1 aliphatic rings. The Morgan fingerprint density at radius 3 is 2.77 bits per heavy atom. The average molecular weight is 193 g/mol. The standard InChI is InChI=1S/C9H17F2NO/c1-7(13-2)8-4-3-5-12(8)6-9(10)11/h7-9H,3-6H2,1-2H3. The van der Waals surface area contributed by atoms with Crippen LogP contribution in [-0.4, -0.2) is 43.7 Å². The number of halogens is 2. The quantitative estimate of drug-likeness (QED) is 0.674. The Hall–Kier alpha value is -0.220. The third-order valence-corrected chi connectivity index (χ3v) is 2.70.